The quantitative estimate of drug-likeness (QED) is 0.897. The van der Waals surface area contributed by atoms with Gasteiger partial charge in [0.2, 0.25) is 0 Å². The SMILES string of the molecule is NCc1cc(Cl)ccc1OC/C=C/c1ccccc1. The first kappa shape index (κ1) is 13.7. The van der Waals surface area contributed by atoms with Crippen LogP contribution in [0.5, 0.6) is 5.75 Å². The summed E-state index contributed by atoms with van der Waals surface area (Å²) in [7, 11) is 0. The fourth-order valence-electron chi connectivity index (χ4n) is 1.73. The average molecular weight is 274 g/mol. The van der Waals surface area contributed by atoms with E-state index in [1.807, 2.05) is 54.6 Å². The zero-order valence-corrected chi connectivity index (χ0v) is 11.3. The summed E-state index contributed by atoms with van der Waals surface area (Å²) < 4.78 is 5.68. The molecule has 2 rings (SSSR count). The fourth-order valence-corrected chi connectivity index (χ4v) is 1.93. The predicted octanol–water partition coefficient (Wildman–Crippen LogP) is 3.89. The molecule has 98 valence electrons. The van der Waals surface area contributed by atoms with E-state index in [-0.39, 0.29) is 0 Å². The second-order valence-corrected chi connectivity index (χ2v) is 4.52. The number of hydrogen-bond acceptors (Lipinski definition) is 2. The van der Waals surface area contributed by atoms with E-state index < -0.39 is 0 Å². The highest BCUT2D eigenvalue weighted by Crippen LogP contribution is 2.22. The molecule has 2 N–H and O–H groups in total. The normalized spacial score (nSPS) is 10.8. The minimum Gasteiger partial charge on any atom is -0.489 e. The van der Waals surface area contributed by atoms with E-state index in [9.17, 15) is 0 Å². The van der Waals surface area contributed by atoms with Crippen LogP contribution < -0.4 is 10.5 Å². The summed E-state index contributed by atoms with van der Waals surface area (Å²) in [6, 6.07) is 15.6. The summed E-state index contributed by atoms with van der Waals surface area (Å²) in [6.07, 6.45) is 4.00. The molecule has 3 heteroatoms. The van der Waals surface area contributed by atoms with Crippen molar-refractivity contribution < 1.29 is 4.74 Å². The molecule has 0 aliphatic heterocycles. The first-order chi connectivity index (χ1) is 9.29. The van der Waals surface area contributed by atoms with Gasteiger partial charge in [0.25, 0.3) is 0 Å². The van der Waals surface area contributed by atoms with Crippen LogP contribution in [0.25, 0.3) is 6.08 Å². The molecule has 0 spiro atoms. The summed E-state index contributed by atoms with van der Waals surface area (Å²) in [5.41, 5.74) is 7.73. The van der Waals surface area contributed by atoms with Gasteiger partial charge in [0.05, 0.1) is 0 Å². The van der Waals surface area contributed by atoms with Gasteiger partial charge >= 0.3 is 0 Å². The fraction of sp³-hybridized carbons (Fsp3) is 0.125. The Balaban J connectivity index is 1.94. The van der Waals surface area contributed by atoms with Crippen molar-refractivity contribution in [3.05, 3.63) is 70.8 Å². The molecule has 2 nitrogen and oxygen atoms in total. The van der Waals surface area contributed by atoms with Gasteiger partial charge in [0, 0.05) is 17.1 Å². The summed E-state index contributed by atoms with van der Waals surface area (Å²) in [6.45, 7) is 0.918. The van der Waals surface area contributed by atoms with Crippen molar-refractivity contribution >= 4 is 17.7 Å². The van der Waals surface area contributed by atoms with Gasteiger partial charge in [-0.25, -0.2) is 0 Å². The minimum absolute atomic E-state index is 0.415. The van der Waals surface area contributed by atoms with Crippen LogP contribution in [0.15, 0.2) is 54.6 Å². The summed E-state index contributed by atoms with van der Waals surface area (Å²) in [4.78, 5) is 0. The summed E-state index contributed by atoms with van der Waals surface area (Å²) in [5.74, 6) is 0.782. The van der Waals surface area contributed by atoms with Crippen LogP contribution in [0, 0.1) is 0 Å². The minimum atomic E-state index is 0.415. The van der Waals surface area contributed by atoms with Crippen LogP contribution >= 0.6 is 11.6 Å². The van der Waals surface area contributed by atoms with Gasteiger partial charge in [0.1, 0.15) is 12.4 Å². The highest BCUT2D eigenvalue weighted by atomic mass is 35.5. The molecule has 0 aromatic heterocycles. The van der Waals surface area contributed by atoms with Crippen LogP contribution in [0.1, 0.15) is 11.1 Å². The molecule has 0 radical (unpaired) electrons. The summed E-state index contributed by atoms with van der Waals surface area (Å²) in [5, 5.41) is 0.674. The van der Waals surface area contributed by atoms with Crippen molar-refractivity contribution in [3.63, 3.8) is 0 Å². The van der Waals surface area contributed by atoms with Crippen LogP contribution in [0.3, 0.4) is 0 Å². The Morgan fingerprint density at radius 2 is 1.89 bits per heavy atom. The Morgan fingerprint density at radius 1 is 1.11 bits per heavy atom. The molecular weight excluding hydrogens is 258 g/mol. The highest BCUT2D eigenvalue weighted by molar-refractivity contribution is 6.30. The monoisotopic (exact) mass is 273 g/mol. The Labute approximate surface area is 118 Å². The van der Waals surface area contributed by atoms with Crippen LogP contribution in [-0.2, 0) is 6.54 Å². The lowest BCUT2D eigenvalue weighted by Gasteiger charge is -2.08. The lowest BCUT2D eigenvalue weighted by molar-refractivity contribution is 0.359. The first-order valence-corrected chi connectivity index (χ1v) is 6.50. The van der Waals surface area contributed by atoms with Crippen LogP contribution in [-0.4, -0.2) is 6.61 Å². The molecule has 0 fully saturated rings. The van der Waals surface area contributed by atoms with Gasteiger partial charge in [-0.3, -0.25) is 0 Å². The Bertz CT molecular complexity index is 552. The van der Waals surface area contributed by atoms with Gasteiger partial charge in [-0.05, 0) is 29.8 Å². The lowest BCUT2D eigenvalue weighted by atomic mass is 10.2. The zero-order chi connectivity index (χ0) is 13.5. The molecule has 0 aliphatic rings. The zero-order valence-electron chi connectivity index (χ0n) is 10.6. The number of hydrogen-bond donors (Lipinski definition) is 1. The molecule has 19 heavy (non-hydrogen) atoms. The molecule has 0 aliphatic carbocycles. The van der Waals surface area contributed by atoms with E-state index in [1.54, 1.807) is 6.07 Å². The largest absolute Gasteiger partial charge is 0.489 e. The third-order valence-electron chi connectivity index (χ3n) is 2.69. The molecule has 0 saturated carbocycles. The molecular formula is C16H16ClNO. The van der Waals surface area contributed by atoms with Crippen LogP contribution in [0.4, 0.5) is 0 Å². The van der Waals surface area contributed by atoms with Crippen LogP contribution in [0.2, 0.25) is 5.02 Å². The number of benzene rings is 2. The third kappa shape index (κ3) is 4.12. The Kier molecular flexibility index (Phi) is 5.01. The Morgan fingerprint density at radius 3 is 2.63 bits per heavy atom. The number of halogens is 1. The van der Waals surface area contributed by atoms with Gasteiger partial charge in [-0.15, -0.1) is 0 Å². The van der Waals surface area contributed by atoms with Gasteiger partial charge in [0.15, 0.2) is 0 Å². The molecule has 0 bridgehead atoms. The van der Waals surface area contributed by atoms with E-state index in [4.69, 9.17) is 22.1 Å². The van der Waals surface area contributed by atoms with Gasteiger partial charge in [-0.2, -0.15) is 0 Å². The molecule has 0 saturated heterocycles. The standard InChI is InChI=1S/C16H16ClNO/c17-15-8-9-16(14(11-15)12-18)19-10-4-7-13-5-2-1-3-6-13/h1-9,11H,10,12,18H2/b7-4+. The second kappa shape index (κ2) is 6.98. The molecule has 0 amide bonds. The topological polar surface area (TPSA) is 35.2 Å². The summed E-state index contributed by atoms with van der Waals surface area (Å²) >= 11 is 5.91. The van der Waals surface area contributed by atoms with E-state index in [0.29, 0.717) is 18.2 Å². The van der Waals surface area contributed by atoms with E-state index in [0.717, 1.165) is 16.9 Å². The maximum atomic E-state index is 5.91. The molecule has 0 unspecified atom stereocenters. The van der Waals surface area contributed by atoms with Crippen molar-refractivity contribution in [3.8, 4) is 5.75 Å². The predicted molar refractivity (Wildman–Crippen MR) is 80.3 cm³/mol. The van der Waals surface area contributed by atoms with Crippen molar-refractivity contribution in [1.29, 1.82) is 0 Å². The van der Waals surface area contributed by atoms with Gasteiger partial charge in [-0.1, -0.05) is 48.0 Å². The number of nitrogens with two attached hydrogens (primary N) is 1. The first-order valence-electron chi connectivity index (χ1n) is 6.12. The third-order valence-corrected chi connectivity index (χ3v) is 2.92. The Hall–Kier alpha value is -1.77. The molecule has 2 aromatic carbocycles. The smallest absolute Gasteiger partial charge is 0.124 e. The van der Waals surface area contributed by atoms with Crippen molar-refractivity contribution in [2.24, 2.45) is 5.73 Å². The highest BCUT2D eigenvalue weighted by Gasteiger charge is 2.01. The average Bonchev–Trinajstić information content (AvgIpc) is 2.46. The van der Waals surface area contributed by atoms with Crippen molar-refractivity contribution in [2.45, 2.75) is 6.54 Å². The maximum Gasteiger partial charge on any atom is 0.124 e. The van der Waals surface area contributed by atoms with Crippen molar-refractivity contribution in [1.82, 2.24) is 0 Å². The molecule has 0 atom stereocenters. The maximum absolute atomic E-state index is 5.91. The van der Waals surface area contributed by atoms with E-state index in [1.165, 1.54) is 0 Å². The number of rotatable bonds is 5. The number of ether oxygens (including phenoxy) is 1. The van der Waals surface area contributed by atoms with Crippen molar-refractivity contribution in [2.75, 3.05) is 6.61 Å². The molecule has 2 aromatic rings. The van der Waals surface area contributed by atoms with E-state index >= 15 is 0 Å². The van der Waals surface area contributed by atoms with E-state index in [2.05, 4.69) is 0 Å². The molecule has 0 heterocycles. The lowest BCUT2D eigenvalue weighted by Crippen LogP contribution is -2.02. The second-order valence-electron chi connectivity index (χ2n) is 4.08. The van der Waals surface area contributed by atoms with Gasteiger partial charge < -0.3 is 10.5 Å².